The molecule has 1 fully saturated rings. The van der Waals surface area contributed by atoms with Crippen molar-refractivity contribution >= 4 is 23.4 Å². The van der Waals surface area contributed by atoms with E-state index in [2.05, 4.69) is 17.2 Å². The Kier molecular flexibility index (Phi) is 7.35. The van der Waals surface area contributed by atoms with Gasteiger partial charge in [0.2, 0.25) is 17.7 Å². The highest BCUT2D eigenvalue weighted by atomic mass is 16.3. The summed E-state index contributed by atoms with van der Waals surface area (Å²) >= 11 is 0. The second-order valence-corrected chi connectivity index (χ2v) is 6.20. The molecule has 0 bridgehead atoms. The lowest BCUT2D eigenvalue weighted by Gasteiger charge is -2.31. The summed E-state index contributed by atoms with van der Waals surface area (Å²) in [6.07, 6.45) is 2.59. The first-order valence-electron chi connectivity index (χ1n) is 8.72. The summed E-state index contributed by atoms with van der Waals surface area (Å²) in [5.41, 5.74) is 1.35. The highest BCUT2D eigenvalue weighted by Gasteiger charge is 2.27. The van der Waals surface area contributed by atoms with Crippen LogP contribution in [0, 0.1) is 5.92 Å². The molecule has 0 aromatic heterocycles. The first-order chi connectivity index (χ1) is 12.5. The number of rotatable bonds is 7. The van der Waals surface area contributed by atoms with Gasteiger partial charge >= 0.3 is 0 Å². The number of piperidine rings is 1. The Hall–Kier alpha value is -2.67. The van der Waals surface area contributed by atoms with E-state index in [1.165, 1.54) is 6.08 Å². The van der Waals surface area contributed by atoms with Crippen molar-refractivity contribution in [2.45, 2.75) is 19.3 Å². The Bertz CT molecular complexity index is 667. The van der Waals surface area contributed by atoms with Crippen LogP contribution in [0.3, 0.4) is 0 Å². The first-order valence-corrected chi connectivity index (χ1v) is 8.72. The van der Waals surface area contributed by atoms with Crippen LogP contribution in [0.15, 0.2) is 36.9 Å². The molecule has 3 amide bonds. The molecule has 0 unspecified atom stereocenters. The third-order valence-electron chi connectivity index (χ3n) is 4.43. The SMILES string of the molecule is C=CC(=O)Nc1ccccc1CC(=O)N1CCC(C(=O)NCCO)CC1. The Balaban J connectivity index is 1.91. The number of amides is 3. The second-order valence-electron chi connectivity index (χ2n) is 6.20. The number of hydrogen-bond acceptors (Lipinski definition) is 4. The molecule has 1 aliphatic rings. The average molecular weight is 359 g/mol. The van der Waals surface area contributed by atoms with Gasteiger partial charge in [0.1, 0.15) is 0 Å². The van der Waals surface area contributed by atoms with Crippen molar-refractivity contribution in [2.75, 3.05) is 31.6 Å². The number of likely N-dealkylation sites (tertiary alicyclic amines) is 1. The molecular weight excluding hydrogens is 334 g/mol. The summed E-state index contributed by atoms with van der Waals surface area (Å²) in [5.74, 6) is -0.535. The zero-order valence-electron chi connectivity index (χ0n) is 14.7. The third-order valence-corrected chi connectivity index (χ3v) is 4.43. The number of aliphatic hydroxyl groups is 1. The fourth-order valence-electron chi connectivity index (χ4n) is 2.97. The van der Waals surface area contributed by atoms with Crippen LogP contribution in [0.25, 0.3) is 0 Å². The molecule has 0 radical (unpaired) electrons. The van der Waals surface area contributed by atoms with E-state index in [-0.39, 0.29) is 43.2 Å². The van der Waals surface area contributed by atoms with E-state index in [1.807, 2.05) is 12.1 Å². The average Bonchev–Trinajstić information content (AvgIpc) is 2.67. The number of benzene rings is 1. The molecule has 7 nitrogen and oxygen atoms in total. The van der Waals surface area contributed by atoms with E-state index < -0.39 is 0 Å². The lowest BCUT2D eigenvalue weighted by Crippen LogP contribution is -2.44. The molecule has 3 N–H and O–H groups in total. The van der Waals surface area contributed by atoms with Gasteiger partial charge in [-0.1, -0.05) is 24.8 Å². The zero-order valence-corrected chi connectivity index (χ0v) is 14.7. The zero-order chi connectivity index (χ0) is 18.9. The molecule has 0 spiro atoms. The topological polar surface area (TPSA) is 98.7 Å². The predicted octanol–water partition coefficient (Wildman–Crippen LogP) is 0.701. The molecule has 140 valence electrons. The molecule has 0 aliphatic carbocycles. The van der Waals surface area contributed by atoms with Crippen LogP contribution in [0.1, 0.15) is 18.4 Å². The van der Waals surface area contributed by atoms with Crippen molar-refractivity contribution < 1.29 is 19.5 Å². The van der Waals surface area contributed by atoms with Crippen molar-refractivity contribution in [1.29, 1.82) is 0 Å². The normalized spacial score (nSPS) is 14.6. The minimum absolute atomic E-state index is 0.0282. The van der Waals surface area contributed by atoms with Gasteiger partial charge in [0.15, 0.2) is 0 Å². The van der Waals surface area contributed by atoms with Gasteiger partial charge < -0.3 is 20.6 Å². The van der Waals surface area contributed by atoms with Gasteiger partial charge in [0.05, 0.1) is 13.0 Å². The quantitative estimate of drug-likeness (QED) is 0.624. The monoisotopic (exact) mass is 359 g/mol. The lowest BCUT2D eigenvalue weighted by molar-refractivity contribution is -0.135. The number of aliphatic hydroxyl groups excluding tert-OH is 1. The van der Waals surface area contributed by atoms with Crippen LogP contribution in [-0.2, 0) is 20.8 Å². The van der Waals surface area contributed by atoms with Gasteiger partial charge in [0, 0.05) is 31.2 Å². The summed E-state index contributed by atoms with van der Waals surface area (Å²) in [6.45, 7) is 4.65. The highest BCUT2D eigenvalue weighted by molar-refractivity contribution is 5.99. The summed E-state index contributed by atoms with van der Waals surface area (Å²) in [5, 5.41) is 14.1. The molecule has 1 aliphatic heterocycles. The molecule has 2 rings (SSSR count). The molecule has 0 saturated carbocycles. The lowest BCUT2D eigenvalue weighted by atomic mass is 9.95. The summed E-state index contributed by atoms with van der Waals surface area (Å²) in [4.78, 5) is 37.8. The highest BCUT2D eigenvalue weighted by Crippen LogP contribution is 2.20. The minimum atomic E-state index is -0.320. The fourth-order valence-corrected chi connectivity index (χ4v) is 2.97. The molecule has 0 atom stereocenters. The van der Waals surface area contributed by atoms with Crippen LogP contribution >= 0.6 is 0 Å². The number of carbonyl (C=O) groups is 3. The number of hydrogen-bond donors (Lipinski definition) is 3. The van der Waals surface area contributed by atoms with E-state index in [1.54, 1.807) is 17.0 Å². The third kappa shape index (κ3) is 5.42. The summed E-state index contributed by atoms with van der Waals surface area (Å²) in [6, 6.07) is 7.18. The van der Waals surface area contributed by atoms with Crippen molar-refractivity contribution in [1.82, 2.24) is 10.2 Å². The van der Waals surface area contributed by atoms with Gasteiger partial charge in [-0.2, -0.15) is 0 Å². The van der Waals surface area contributed by atoms with Gasteiger partial charge in [0.25, 0.3) is 0 Å². The fraction of sp³-hybridized carbons (Fsp3) is 0.421. The number of nitrogens with one attached hydrogen (secondary N) is 2. The van der Waals surface area contributed by atoms with E-state index >= 15 is 0 Å². The maximum Gasteiger partial charge on any atom is 0.247 e. The van der Waals surface area contributed by atoms with Crippen molar-refractivity contribution in [3.05, 3.63) is 42.5 Å². The smallest absolute Gasteiger partial charge is 0.247 e. The van der Waals surface area contributed by atoms with E-state index in [0.717, 1.165) is 5.56 Å². The Morgan fingerprint density at radius 2 is 1.92 bits per heavy atom. The summed E-state index contributed by atoms with van der Waals surface area (Å²) in [7, 11) is 0. The Morgan fingerprint density at radius 1 is 1.23 bits per heavy atom. The largest absolute Gasteiger partial charge is 0.395 e. The predicted molar refractivity (Wildman–Crippen MR) is 98.4 cm³/mol. The molecule has 1 aromatic rings. The molecule has 26 heavy (non-hydrogen) atoms. The van der Waals surface area contributed by atoms with Crippen LogP contribution in [-0.4, -0.2) is 54.0 Å². The van der Waals surface area contributed by atoms with Crippen molar-refractivity contribution in [2.24, 2.45) is 5.92 Å². The summed E-state index contributed by atoms with van der Waals surface area (Å²) < 4.78 is 0. The van der Waals surface area contributed by atoms with E-state index in [9.17, 15) is 14.4 Å². The number of para-hydroxylation sites is 1. The second kappa shape index (κ2) is 9.72. The van der Waals surface area contributed by atoms with Crippen LogP contribution in [0.4, 0.5) is 5.69 Å². The van der Waals surface area contributed by atoms with E-state index in [4.69, 9.17) is 5.11 Å². The molecule has 1 heterocycles. The van der Waals surface area contributed by atoms with Crippen LogP contribution < -0.4 is 10.6 Å². The number of carbonyl (C=O) groups excluding carboxylic acids is 3. The van der Waals surface area contributed by atoms with Crippen molar-refractivity contribution in [3.8, 4) is 0 Å². The van der Waals surface area contributed by atoms with E-state index in [0.29, 0.717) is 31.6 Å². The van der Waals surface area contributed by atoms with Crippen LogP contribution in [0.5, 0.6) is 0 Å². The Morgan fingerprint density at radius 3 is 2.58 bits per heavy atom. The first kappa shape index (κ1) is 19.7. The van der Waals surface area contributed by atoms with Gasteiger partial charge in [-0.05, 0) is 30.5 Å². The maximum absolute atomic E-state index is 12.6. The molecule has 1 aromatic carbocycles. The minimum Gasteiger partial charge on any atom is -0.395 e. The van der Waals surface area contributed by atoms with Crippen molar-refractivity contribution in [3.63, 3.8) is 0 Å². The standard InChI is InChI=1S/C19H25N3O4/c1-2-17(24)21-16-6-4-3-5-15(16)13-18(25)22-10-7-14(8-11-22)19(26)20-9-12-23/h2-6,14,23H,1,7-13H2,(H,20,26)(H,21,24). The Labute approximate surface area is 153 Å². The number of nitrogens with zero attached hydrogens (tertiary/aromatic N) is 1. The van der Waals surface area contributed by atoms with Gasteiger partial charge in [-0.3, -0.25) is 14.4 Å². The molecular formula is C19H25N3O4. The van der Waals surface area contributed by atoms with Crippen LogP contribution in [0.2, 0.25) is 0 Å². The van der Waals surface area contributed by atoms with Gasteiger partial charge in [-0.15, -0.1) is 0 Å². The van der Waals surface area contributed by atoms with Gasteiger partial charge in [-0.25, -0.2) is 0 Å². The molecule has 1 saturated heterocycles. The maximum atomic E-state index is 12.6. The number of anilines is 1. The molecule has 7 heteroatoms.